The zero-order valence-corrected chi connectivity index (χ0v) is 22.6. The number of hydrogen-bond donors (Lipinski definition) is 3. The summed E-state index contributed by atoms with van der Waals surface area (Å²) in [6.07, 6.45) is 1.58. The maximum absolute atomic E-state index is 12.9. The molecule has 0 aliphatic carbocycles. The van der Waals surface area contributed by atoms with Crippen LogP contribution >= 0.6 is 11.6 Å². The first kappa shape index (κ1) is 28.5. The lowest BCUT2D eigenvalue weighted by atomic mass is 10.2. The summed E-state index contributed by atoms with van der Waals surface area (Å²) in [7, 11) is -7.75. The van der Waals surface area contributed by atoms with Gasteiger partial charge >= 0.3 is 0 Å². The minimum Gasteiger partial charge on any atom is -0.324 e. The van der Waals surface area contributed by atoms with E-state index in [0.717, 1.165) is 4.68 Å². The van der Waals surface area contributed by atoms with Gasteiger partial charge in [0, 0.05) is 17.8 Å². The van der Waals surface area contributed by atoms with E-state index in [1.165, 1.54) is 38.2 Å². The number of nitrogens with zero attached hydrogens (tertiary/aromatic N) is 2. The fraction of sp³-hybridized carbons (Fsp3) is 0.261. The largest absolute Gasteiger partial charge is 0.324 e. The summed E-state index contributed by atoms with van der Waals surface area (Å²) in [5, 5.41) is 11.8. The molecule has 0 aliphatic heterocycles. The van der Waals surface area contributed by atoms with Gasteiger partial charge in [-0.2, -0.15) is 5.10 Å². The van der Waals surface area contributed by atoms with Gasteiger partial charge in [-0.25, -0.2) is 31.4 Å². The zero-order valence-electron chi connectivity index (χ0n) is 20.2. The van der Waals surface area contributed by atoms with E-state index >= 15 is 0 Å². The van der Waals surface area contributed by atoms with Crippen LogP contribution < -0.4 is 20.7 Å². The number of halogens is 1. The number of rotatable bonds is 9. The monoisotopic (exact) mass is 567 g/mol. The Balaban J connectivity index is 1.71. The van der Waals surface area contributed by atoms with Gasteiger partial charge in [0.2, 0.25) is 26.0 Å². The molecule has 198 valence electrons. The van der Waals surface area contributed by atoms with Crippen molar-refractivity contribution in [2.24, 2.45) is 5.14 Å². The number of sulfonamides is 2. The number of hydrogen-bond acceptors (Lipinski definition) is 7. The van der Waals surface area contributed by atoms with Crippen molar-refractivity contribution in [3.8, 4) is 0 Å². The van der Waals surface area contributed by atoms with Crippen molar-refractivity contribution in [1.29, 1.82) is 0 Å². The molecule has 1 atom stereocenters. The Hall–Kier alpha value is -3.10. The summed E-state index contributed by atoms with van der Waals surface area (Å²) >= 11 is 5.90. The Morgan fingerprint density at radius 2 is 1.76 bits per heavy atom. The Bertz CT molecular complexity index is 1600. The minimum absolute atomic E-state index is 0.0276. The van der Waals surface area contributed by atoms with Gasteiger partial charge in [-0.1, -0.05) is 29.8 Å². The molecule has 0 bridgehead atoms. The van der Waals surface area contributed by atoms with E-state index in [-0.39, 0.29) is 32.6 Å². The van der Waals surface area contributed by atoms with Crippen LogP contribution in [0.5, 0.6) is 0 Å². The summed E-state index contributed by atoms with van der Waals surface area (Å²) < 4.78 is 52.1. The van der Waals surface area contributed by atoms with Crippen LogP contribution in [0.1, 0.15) is 29.7 Å². The van der Waals surface area contributed by atoms with E-state index in [1.807, 2.05) is 0 Å². The number of aryl methyl sites for hydroxylation is 1. The first-order chi connectivity index (χ1) is 17.2. The van der Waals surface area contributed by atoms with E-state index < -0.39 is 37.6 Å². The third kappa shape index (κ3) is 6.81. The lowest BCUT2D eigenvalue weighted by Gasteiger charge is -2.16. The number of aromatic nitrogens is 2. The highest BCUT2D eigenvalue weighted by atomic mass is 35.5. The maximum atomic E-state index is 12.9. The average molecular weight is 568 g/mol. The number of carbonyl (C=O) groups excluding carboxylic acids is 1. The second-order valence-corrected chi connectivity index (χ2v) is 12.1. The first-order valence-corrected chi connectivity index (χ1v) is 14.4. The lowest BCUT2D eigenvalue weighted by molar-refractivity contribution is -0.119. The highest BCUT2D eigenvalue weighted by Gasteiger charge is 2.21. The fourth-order valence-electron chi connectivity index (χ4n) is 3.39. The minimum atomic E-state index is -3.94. The molecule has 0 saturated carbocycles. The standard InChI is InChI=1S/C23H26ClN5O6S2/c1-14-4-7-18(28-22(30)16(3)29-23(31)15(2)20(24)13-26-29)12-21(14)37(34,35)27-11-10-17-5-8-19(9-6-17)36(25,32)33/h4-9,12-13,16,27H,10-11H2,1-3H3,(H,28,30)(H2,25,32,33). The summed E-state index contributed by atoms with van der Waals surface area (Å²) in [5.41, 5.74) is 1.14. The topological polar surface area (TPSA) is 170 Å². The maximum Gasteiger partial charge on any atom is 0.271 e. The van der Waals surface area contributed by atoms with Crippen LogP contribution in [0.25, 0.3) is 0 Å². The molecule has 0 radical (unpaired) electrons. The molecule has 11 nitrogen and oxygen atoms in total. The van der Waals surface area contributed by atoms with Gasteiger partial charge in [-0.15, -0.1) is 0 Å². The van der Waals surface area contributed by atoms with E-state index in [4.69, 9.17) is 16.7 Å². The number of carbonyl (C=O) groups is 1. The molecule has 1 aromatic heterocycles. The number of anilines is 1. The van der Waals surface area contributed by atoms with Crippen LogP contribution in [-0.2, 0) is 31.3 Å². The van der Waals surface area contributed by atoms with Gasteiger partial charge in [-0.05, 0) is 62.6 Å². The zero-order chi connectivity index (χ0) is 27.5. The van der Waals surface area contributed by atoms with Crippen molar-refractivity contribution in [1.82, 2.24) is 14.5 Å². The van der Waals surface area contributed by atoms with E-state index in [0.29, 0.717) is 17.5 Å². The molecule has 37 heavy (non-hydrogen) atoms. The Morgan fingerprint density at radius 1 is 1.11 bits per heavy atom. The predicted octanol–water partition coefficient (Wildman–Crippen LogP) is 1.88. The summed E-state index contributed by atoms with van der Waals surface area (Å²) in [6, 6.07) is 9.26. The number of nitrogens with one attached hydrogen (secondary N) is 2. The lowest BCUT2D eigenvalue weighted by Crippen LogP contribution is -2.34. The van der Waals surface area contributed by atoms with Gasteiger partial charge in [0.1, 0.15) is 6.04 Å². The number of amides is 1. The van der Waals surface area contributed by atoms with E-state index in [1.54, 1.807) is 31.2 Å². The Labute approximate surface area is 219 Å². The molecule has 4 N–H and O–H groups in total. The van der Waals surface area contributed by atoms with Crippen LogP contribution in [0, 0.1) is 13.8 Å². The van der Waals surface area contributed by atoms with Crippen molar-refractivity contribution in [3.63, 3.8) is 0 Å². The molecule has 0 spiro atoms. The van der Waals surface area contributed by atoms with Crippen LogP contribution in [0.15, 0.2) is 63.2 Å². The summed E-state index contributed by atoms with van der Waals surface area (Å²) in [5.74, 6) is -0.570. The number of benzene rings is 2. The molecule has 1 unspecified atom stereocenters. The summed E-state index contributed by atoms with van der Waals surface area (Å²) in [6.45, 7) is 4.68. The molecule has 0 aliphatic rings. The van der Waals surface area contributed by atoms with Crippen LogP contribution in [0.4, 0.5) is 5.69 Å². The molecule has 1 amide bonds. The first-order valence-electron chi connectivity index (χ1n) is 11.0. The molecule has 0 saturated heterocycles. The molecule has 0 fully saturated rings. The van der Waals surface area contributed by atoms with Crippen molar-refractivity contribution in [2.75, 3.05) is 11.9 Å². The second kappa shape index (κ2) is 11.1. The smallest absolute Gasteiger partial charge is 0.271 e. The normalized spacial score (nSPS) is 12.8. The van der Waals surface area contributed by atoms with Crippen LogP contribution in [0.2, 0.25) is 5.02 Å². The third-order valence-electron chi connectivity index (χ3n) is 5.63. The summed E-state index contributed by atoms with van der Waals surface area (Å²) in [4.78, 5) is 25.1. The highest BCUT2D eigenvalue weighted by Crippen LogP contribution is 2.21. The van der Waals surface area contributed by atoms with Crippen molar-refractivity contribution < 1.29 is 21.6 Å². The second-order valence-electron chi connectivity index (χ2n) is 8.35. The number of nitrogens with two attached hydrogens (primary N) is 1. The van der Waals surface area contributed by atoms with Crippen LogP contribution in [0.3, 0.4) is 0 Å². The highest BCUT2D eigenvalue weighted by molar-refractivity contribution is 7.89. The third-order valence-corrected chi connectivity index (χ3v) is 8.55. The van der Waals surface area contributed by atoms with Crippen molar-refractivity contribution >= 4 is 43.2 Å². The predicted molar refractivity (Wildman–Crippen MR) is 139 cm³/mol. The average Bonchev–Trinajstić information content (AvgIpc) is 2.83. The quantitative estimate of drug-likeness (QED) is 0.354. The van der Waals surface area contributed by atoms with Crippen molar-refractivity contribution in [3.05, 3.63) is 80.7 Å². The molecule has 3 aromatic rings. The molecule has 1 heterocycles. The van der Waals surface area contributed by atoms with Gasteiger partial charge < -0.3 is 5.32 Å². The molecule has 2 aromatic carbocycles. The molecular formula is C23H26ClN5O6S2. The molecule has 3 rings (SSSR count). The SMILES string of the molecule is Cc1ccc(NC(=O)C(C)n2ncc(Cl)c(C)c2=O)cc1S(=O)(=O)NCCc1ccc(S(N)(=O)=O)cc1. The molecule has 14 heteroatoms. The molecular weight excluding hydrogens is 542 g/mol. The number of primary sulfonamides is 1. The van der Waals surface area contributed by atoms with Gasteiger partial charge in [0.05, 0.1) is 21.0 Å². The van der Waals surface area contributed by atoms with Gasteiger partial charge in [0.15, 0.2) is 0 Å². The van der Waals surface area contributed by atoms with Gasteiger partial charge in [0.25, 0.3) is 5.56 Å². The Kier molecular flexibility index (Phi) is 8.55. The Morgan fingerprint density at radius 3 is 2.38 bits per heavy atom. The van der Waals surface area contributed by atoms with Crippen molar-refractivity contribution in [2.45, 2.75) is 43.0 Å². The van der Waals surface area contributed by atoms with E-state index in [2.05, 4.69) is 15.1 Å². The van der Waals surface area contributed by atoms with Gasteiger partial charge in [-0.3, -0.25) is 9.59 Å². The van der Waals surface area contributed by atoms with Crippen LogP contribution in [-0.4, -0.2) is 39.1 Å². The fourth-order valence-corrected chi connectivity index (χ4v) is 5.33. The van der Waals surface area contributed by atoms with E-state index in [9.17, 15) is 26.4 Å².